The third-order valence-corrected chi connectivity index (χ3v) is 5.10. The van der Waals surface area contributed by atoms with E-state index >= 15 is 0 Å². The summed E-state index contributed by atoms with van der Waals surface area (Å²) in [6.07, 6.45) is -6.07. The van der Waals surface area contributed by atoms with Crippen molar-refractivity contribution < 1.29 is 27.5 Å². The van der Waals surface area contributed by atoms with Gasteiger partial charge in [-0.2, -0.15) is 13.2 Å². The number of aromatic nitrogens is 1. The molecule has 1 atom stereocenters. The lowest BCUT2D eigenvalue weighted by Gasteiger charge is -2.17. The number of ether oxygens (including phenoxy) is 1. The molecule has 0 bridgehead atoms. The lowest BCUT2D eigenvalue weighted by Crippen LogP contribution is -2.31. The van der Waals surface area contributed by atoms with Gasteiger partial charge in [-0.1, -0.05) is 29.8 Å². The molecule has 1 unspecified atom stereocenters. The van der Waals surface area contributed by atoms with Crippen LogP contribution in [-0.2, 0) is 15.7 Å². The zero-order valence-corrected chi connectivity index (χ0v) is 17.1. The van der Waals surface area contributed by atoms with Gasteiger partial charge in [0.1, 0.15) is 5.69 Å². The van der Waals surface area contributed by atoms with Crippen LogP contribution in [0.25, 0.3) is 10.9 Å². The zero-order chi connectivity index (χ0) is 21.3. The Morgan fingerprint density at radius 2 is 1.90 bits per heavy atom. The number of H-pyrrole nitrogens is 1. The number of carbonyl (C=O) groups is 2. The van der Waals surface area contributed by atoms with E-state index in [0.29, 0.717) is 16.1 Å². The summed E-state index contributed by atoms with van der Waals surface area (Å²) >= 11 is 8.92. The van der Waals surface area contributed by atoms with E-state index in [2.05, 4.69) is 26.2 Å². The summed E-state index contributed by atoms with van der Waals surface area (Å²) in [6.45, 7) is 1.26. The van der Waals surface area contributed by atoms with Gasteiger partial charge in [0.05, 0.1) is 15.7 Å². The number of esters is 1. The number of para-hydroxylation sites is 1. The molecule has 10 heteroatoms. The van der Waals surface area contributed by atoms with E-state index in [1.54, 1.807) is 24.3 Å². The Balaban J connectivity index is 1.76. The molecule has 0 fully saturated rings. The number of hydrogen-bond acceptors (Lipinski definition) is 3. The second-order valence-corrected chi connectivity index (χ2v) is 7.31. The van der Waals surface area contributed by atoms with E-state index in [1.165, 1.54) is 13.0 Å². The number of amides is 1. The number of alkyl halides is 3. The molecule has 0 aliphatic rings. The van der Waals surface area contributed by atoms with Crippen molar-refractivity contribution in [2.45, 2.75) is 19.2 Å². The van der Waals surface area contributed by atoms with Crippen LogP contribution < -0.4 is 5.32 Å². The van der Waals surface area contributed by atoms with Gasteiger partial charge in [-0.25, -0.2) is 4.79 Å². The summed E-state index contributed by atoms with van der Waals surface area (Å²) in [5.74, 6) is -1.75. The van der Waals surface area contributed by atoms with E-state index in [0.717, 1.165) is 11.5 Å². The molecule has 1 amide bonds. The Kier molecular flexibility index (Phi) is 5.90. The molecule has 0 radical (unpaired) electrons. The van der Waals surface area contributed by atoms with Crippen LogP contribution in [0.3, 0.4) is 0 Å². The van der Waals surface area contributed by atoms with Crippen molar-refractivity contribution >= 4 is 56.0 Å². The number of halogens is 5. The van der Waals surface area contributed by atoms with Crippen molar-refractivity contribution in [2.75, 3.05) is 5.32 Å². The minimum Gasteiger partial charge on any atom is -0.448 e. The van der Waals surface area contributed by atoms with Crippen LogP contribution in [0.5, 0.6) is 0 Å². The molecule has 2 N–H and O–H groups in total. The quantitative estimate of drug-likeness (QED) is 0.456. The van der Waals surface area contributed by atoms with Crippen molar-refractivity contribution in [1.82, 2.24) is 4.98 Å². The van der Waals surface area contributed by atoms with E-state index in [4.69, 9.17) is 16.3 Å². The lowest BCUT2D eigenvalue weighted by molar-refractivity contribution is -0.137. The predicted octanol–water partition coefficient (Wildman–Crippen LogP) is 5.79. The highest BCUT2D eigenvalue weighted by Gasteiger charge is 2.35. The first-order valence-corrected chi connectivity index (χ1v) is 9.40. The molecule has 0 aliphatic carbocycles. The number of benzene rings is 2. The largest absolute Gasteiger partial charge is 0.448 e. The number of anilines is 1. The van der Waals surface area contributed by atoms with E-state index in [9.17, 15) is 22.8 Å². The molecule has 0 saturated carbocycles. The van der Waals surface area contributed by atoms with Gasteiger partial charge in [-0.15, -0.1) is 0 Å². The fourth-order valence-electron chi connectivity index (χ4n) is 2.62. The molecule has 0 saturated heterocycles. The maximum Gasteiger partial charge on any atom is 0.418 e. The monoisotopic (exact) mass is 488 g/mol. The van der Waals surface area contributed by atoms with Gasteiger partial charge in [0.2, 0.25) is 0 Å². The molecule has 152 valence electrons. The maximum absolute atomic E-state index is 13.2. The van der Waals surface area contributed by atoms with Crippen molar-refractivity contribution in [3.8, 4) is 0 Å². The number of hydrogen-bond donors (Lipinski definition) is 2. The molecule has 1 aromatic heterocycles. The minimum atomic E-state index is -4.72. The summed E-state index contributed by atoms with van der Waals surface area (Å²) in [6, 6.07) is 10.1. The van der Waals surface area contributed by atoms with Crippen LogP contribution in [0.15, 0.2) is 46.9 Å². The fourth-order valence-corrected chi connectivity index (χ4v) is 3.39. The number of carbonyl (C=O) groups excluding carboxylic acids is 2. The average molecular weight is 490 g/mol. The first kappa shape index (κ1) is 21.2. The highest BCUT2D eigenvalue weighted by molar-refractivity contribution is 9.10. The van der Waals surface area contributed by atoms with Crippen molar-refractivity contribution in [3.63, 3.8) is 0 Å². The standard InChI is InChI=1S/C19H13BrClF3N2O3/c1-9(17(27)26-14-7-6-10(21)8-12(14)19(22,23)24)29-18(28)16-15(20)11-4-2-3-5-13(11)25-16/h2-9,25H,1H3,(H,26,27). The molecule has 3 rings (SSSR count). The Morgan fingerprint density at radius 1 is 1.21 bits per heavy atom. The summed E-state index contributed by atoms with van der Waals surface area (Å²) in [5.41, 5.74) is -0.815. The summed E-state index contributed by atoms with van der Waals surface area (Å²) < 4.78 is 45.0. The molecule has 0 spiro atoms. The first-order valence-electron chi connectivity index (χ1n) is 8.22. The summed E-state index contributed by atoms with van der Waals surface area (Å²) in [5, 5.41) is 2.74. The van der Waals surface area contributed by atoms with Crippen molar-refractivity contribution in [3.05, 3.63) is 63.2 Å². The maximum atomic E-state index is 13.2. The molecular weight excluding hydrogens is 477 g/mol. The smallest absolute Gasteiger partial charge is 0.418 e. The number of fused-ring (bicyclic) bond motifs is 1. The molecule has 5 nitrogen and oxygen atoms in total. The third-order valence-electron chi connectivity index (χ3n) is 4.04. The van der Waals surface area contributed by atoms with Gasteiger partial charge in [-0.3, -0.25) is 4.79 Å². The highest BCUT2D eigenvalue weighted by atomic mass is 79.9. The van der Waals surface area contributed by atoms with Gasteiger partial charge < -0.3 is 15.0 Å². The average Bonchev–Trinajstić information content (AvgIpc) is 2.99. The Morgan fingerprint density at radius 3 is 2.55 bits per heavy atom. The van der Waals surface area contributed by atoms with Crippen LogP contribution in [0, 0.1) is 0 Å². The second-order valence-electron chi connectivity index (χ2n) is 6.08. The second kappa shape index (κ2) is 8.08. The Hall–Kier alpha value is -2.52. The van der Waals surface area contributed by atoms with E-state index in [-0.39, 0.29) is 10.7 Å². The number of rotatable bonds is 4. The van der Waals surface area contributed by atoms with Gasteiger partial charge in [0.15, 0.2) is 6.10 Å². The third kappa shape index (κ3) is 4.56. The minimum absolute atomic E-state index is 0.0910. The Bertz CT molecular complexity index is 1100. The Labute approximate surface area is 176 Å². The first-order chi connectivity index (χ1) is 13.6. The SMILES string of the molecule is CC(OC(=O)c1[nH]c2ccccc2c1Br)C(=O)Nc1ccc(Cl)cc1C(F)(F)F. The van der Waals surface area contributed by atoms with Crippen LogP contribution >= 0.6 is 27.5 Å². The molecule has 3 aromatic rings. The summed E-state index contributed by atoms with van der Waals surface area (Å²) in [4.78, 5) is 27.6. The van der Waals surface area contributed by atoms with Gasteiger partial charge in [0.25, 0.3) is 5.91 Å². The normalized spacial score (nSPS) is 12.6. The fraction of sp³-hybridized carbons (Fsp3) is 0.158. The highest BCUT2D eigenvalue weighted by Crippen LogP contribution is 2.36. The van der Waals surface area contributed by atoms with Gasteiger partial charge >= 0.3 is 12.1 Å². The van der Waals surface area contributed by atoms with Crippen LogP contribution in [-0.4, -0.2) is 23.0 Å². The lowest BCUT2D eigenvalue weighted by atomic mass is 10.1. The van der Waals surface area contributed by atoms with E-state index < -0.39 is 35.4 Å². The zero-order valence-electron chi connectivity index (χ0n) is 14.7. The molecular formula is C19H13BrClF3N2O3. The topological polar surface area (TPSA) is 71.2 Å². The molecule has 1 heterocycles. The van der Waals surface area contributed by atoms with Crippen LogP contribution in [0.1, 0.15) is 23.0 Å². The van der Waals surface area contributed by atoms with E-state index in [1.807, 2.05) is 0 Å². The van der Waals surface area contributed by atoms with Gasteiger partial charge in [0, 0.05) is 15.9 Å². The number of aromatic amines is 1. The van der Waals surface area contributed by atoms with Crippen molar-refractivity contribution in [2.24, 2.45) is 0 Å². The molecule has 2 aromatic carbocycles. The number of nitrogens with one attached hydrogen (secondary N) is 2. The van der Waals surface area contributed by atoms with Crippen molar-refractivity contribution in [1.29, 1.82) is 0 Å². The van der Waals surface area contributed by atoms with Gasteiger partial charge in [-0.05, 0) is 47.1 Å². The predicted molar refractivity (Wildman–Crippen MR) is 106 cm³/mol. The van der Waals surface area contributed by atoms with Crippen LogP contribution in [0.4, 0.5) is 18.9 Å². The molecule has 29 heavy (non-hydrogen) atoms. The summed E-state index contributed by atoms with van der Waals surface area (Å²) in [7, 11) is 0. The van der Waals surface area contributed by atoms with Crippen LogP contribution in [0.2, 0.25) is 5.02 Å². The molecule has 0 aliphatic heterocycles.